The van der Waals surface area contributed by atoms with Gasteiger partial charge < -0.3 is 4.90 Å². The van der Waals surface area contributed by atoms with Crippen LogP contribution in [0.3, 0.4) is 0 Å². The molecule has 4 nitrogen and oxygen atoms in total. The summed E-state index contributed by atoms with van der Waals surface area (Å²) < 4.78 is 23.2. The minimum atomic E-state index is -2.36. The fraction of sp³-hybridized carbons (Fsp3) is 0.933. The van der Waals surface area contributed by atoms with E-state index in [4.69, 9.17) is 0 Å². The van der Waals surface area contributed by atoms with E-state index in [-0.39, 0.29) is 5.37 Å². The lowest BCUT2D eigenvalue weighted by Crippen LogP contribution is -2.48. The quantitative estimate of drug-likeness (QED) is 0.759. The van der Waals surface area contributed by atoms with Gasteiger partial charge in [-0.3, -0.25) is 4.90 Å². The van der Waals surface area contributed by atoms with Gasteiger partial charge in [-0.1, -0.05) is 19.8 Å². The van der Waals surface area contributed by atoms with Crippen LogP contribution in [0, 0.1) is 12.3 Å². The van der Waals surface area contributed by atoms with Gasteiger partial charge in [-0.2, -0.15) is 0 Å². The number of hydrogen-bond acceptors (Lipinski definition) is 4. The molecule has 0 aliphatic carbocycles. The van der Waals surface area contributed by atoms with Crippen molar-refractivity contribution in [2.24, 2.45) is 5.92 Å². The SMILES string of the molecule is CCCC1CCN(CC(N2CC[CH]CC2)[SH](=O)=O)CC1. The highest BCUT2D eigenvalue weighted by Gasteiger charge is 2.27. The molecule has 1 radical (unpaired) electrons. The molecule has 0 saturated carbocycles. The fourth-order valence-electron chi connectivity index (χ4n) is 3.48. The van der Waals surface area contributed by atoms with E-state index in [0.717, 1.165) is 44.9 Å². The molecule has 0 aromatic rings. The summed E-state index contributed by atoms with van der Waals surface area (Å²) in [5.41, 5.74) is 0. The van der Waals surface area contributed by atoms with Crippen molar-refractivity contribution in [3.05, 3.63) is 6.42 Å². The zero-order valence-electron chi connectivity index (χ0n) is 12.7. The molecule has 1 unspecified atom stereocenters. The second-order valence-corrected chi connectivity index (χ2v) is 7.37. The highest BCUT2D eigenvalue weighted by molar-refractivity contribution is 7.73. The summed E-state index contributed by atoms with van der Waals surface area (Å²) in [7, 11) is -2.36. The van der Waals surface area contributed by atoms with Crippen LogP contribution in [-0.2, 0) is 10.7 Å². The molecule has 0 N–H and O–H groups in total. The largest absolute Gasteiger partial charge is 0.301 e. The van der Waals surface area contributed by atoms with Gasteiger partial charge in [0.25, 0.3) is 0 Å². The topological polar surface area (TPSA) is 40.6 Å². The van der Waals surface area contributed by atoms with Crippen LogP contribution < -0.4 is 0 Å². The van der Waals surface area contributed by atoms with Crippen LogP contribution in [0.5, 0.6) is 0 Å². The summed E-state index contributed by atoms with van der Waals surface area (Å²) in [6.07, 6.45) is 9.39. The Kier molecular flexibility index (Phi) is 6.78. The Morgan fingerprint density at radius 3 is 2.35 bits per heavy atom. The molecule has 2 aliphatic rings. The van der Waals surface area contributed by atoms with Crippen LogP contribution in [0.15, 0.2) is 0 Å². The van der Waals surface area contributed by atoms with E-state index in [1.165, 1.54) is 25.7 Å². The van der Waals surface area contributed by atoms with Gasteiger partial charge in [0, 0.05) is 6.54 Å². The monoisotopic (exact) mass is 301 g/mol. The van der Waals surface area contributed by atoms with Gasteiger partial charge in [0.05, 0.1) is 0 Å². The molecule has 0 amide bonds. The zero-order chi connectivity index (χ0) is 14.4. The first-order valence-electron chi connectivity index (χ1n) is 8.12. The smallest absolute Gasteiger partial charge is 0.157 e. The van der Waals surface area contributed by atoms with Crippen molar-refractivity contribution in [3.63, 3.8) is 0 Å². The molecule has 0 aromatic heterocycles. The molecule has 1 atom stereocenters. The van der Waals surface area contributed by atoms with Crippen LogP contribution in [0.25, 0.3) is 0 Å². The third-order valence-electron chi connectivity index (χ3n) is 4.73. The van der Waals surface area contributed by atoms with Crippen LogP contribution in [-0.4, -0.2) is 56.3 Å². The Bertz CT molecular complexity index is 338. The lowest BCUT2D eigenvalue weighted by molar-refractivity contribution is 0.134. The summed E-state index contributed by atoms with van der Waals surface area (Å²) in [5, 5.41) is -0.276. The Labute approximate surface area is 125 Å². The van der Waals surface area contributed by atoms with Crippen LogP contribution in [0.1, 0.15) is 45.4 Å². The standard InChI is InChI=1S/C15H29N2O2S/c1-2-6-14-7-11-16(12-8-14)13-15(20(18)19)17-9-4-3-5-10-17/h3,14-15,20H,2,4-13H2,1H3. The second-order valence-electron chi connectivity index (χ2n) is 6.20. The summed E-state index contributed by atoms with van der Waals surface area (Å²) in [6.45, 7) is 6.91. The Morgan fingerprint density at radius 2 is 1.80 bits per heavy atom. The van der Waals surface area contributed by atoms with Crippen LogP contribution >= 0.6 is 0 Å². The van der Waals surface area contributed by atoms with Gasteiger partial charge in [-0.15, -0.1) is 0 Å². The van der Waals surface area contributed by atoms with Gasteiger partial charge in [-0.05, 0) is 64.2 Å². The van der Waals surface area contributed by atoms with E-state index >= 15 is 0 Å². The Morgan fingerprint density at radius 1 is 1.15 bits per heavy atom. The van der Waals surface area contributed by atoms with Crippen molar-refractivity contribution in [1.82, 2.24) is 9.80 Å². The number of thiol groups is 1. The summed E-state index contributed by atoms with van der Waals surface area (Å²) in [6, 6.07) is 0. The average Bonchev–Trinajstić information content (AvgIpc) is 2.47. The van der Waals surface area contributed by atoms with E-state index < -0.39 is 10.7 Å². The Balaban J connectivity index is 1.83. The third kappa shape index (κ3) is 4.71. The molecule has 2 fully saturated rings. The maximum absolute atomic E-state index is 11.6. The van der Waals surface area contributed by atoms with E-state index in [2.05, 4.69) is 23.1 Å². The first-order chi connectivity index (χ1) is 9.70. The maximum Gasteiger partial charge on any atom is 0.157 e. The summed E-state index contributed by atoms with van der Waals surface area (Å²) in [5.74, 6) is 0.861. The van der Waals surface area contributed by atoms with Crippen molar-refractivity contribution < 1.29 is 8.42 Å². The summed E-state index contributed by atoms with van der Waals surface area (Å²) >= 11 is 0. The molecule has 2 heterocycles. The molecule has 2 saturated heterocycles. The van der Waals surface area contributed by atoms with Gasteiger partial charge in [-0.25, -0.2) is 8.42 Å². The summed E-state index contributed by atoms with van der Waals surface area (Å²) in [4.78, 5) is 4.52. The predicted molar refractivity (Wildman–Crippen MR) is 83.3 cm³/mol. The third-order valence-corrected chi connectivity index (χ3v) is 5.71. The first kappa shape index (κ1) is 16.2. The van der Waals surface area contributed by atoms with E-state index in [0.29, 0.717) is 6.54 Å². The van der Waals surface area contributed by atoms with Crippen LogP contribution in [0.2, 0.25) is 0 Å². The maximum atomic E-state index is 11.6. The molecule has 5 heteroatoms. The fourth-order valence-corrected chi connectivity index (χ4v) is 4.34. The van der Waals surface area contributed by atoms with Gasteiger partial charge in [0.15, 0.2) is 10.7 Å². The Hall–Kier alpha value is -0.130. The molecule has 0 aromatic carbocycles. The lowest BCUT2D eigenvalue weighted by atomic mass is 9.92. The average molecular weight is 301 g/mol. The molecule has 2 rings (SSSR count). The molecule has 0 bridgehead atoms. The van der Waals surface area contributed by atoms with Gasteiger partial charge in [0.1, 0.15) is 5.37 Å². The normalized spacial score (nSPS) is 25.1. The van der Waals surface area contributed by atoms with Crippen molar-refractivity contribution in [2.45, 2.75) is 50.8 Å². The highest BCUT2D eigenvalue weighted by atomic mass is 32.2. The predicted octanol–water partition coefficient (Wildman–Crippen LogP) is 1.74. The van der Waals surface area contributed by atoms with Crippen LogP contribution in [0.4, 0.5) is 0 Å². The van der Waals surface area contributed by atoms with Crippen molar-refractivity contribution in [3.8, 4) is 0 Å². The number of likely N-dealkylation sites (tertiary alicyclic amines) is 2. The highest BCUT2D eigenvalue weighted by Crippen LogP contribution is 2.22. The molecule has 0 spiro atoms. The molecular weight excluding hydrogens is 272 g/mol. The number of nitrogens with zero attached hydrogens (tertiary/aromatic N) is 2. The van der Waals surface area contributed by atoms with Gasteiger partial charge >= 0.3 is 0 Å². The first-order valence-corrected chi connectivity index (χ1v) is 9.37. The van der Waals surface area contributed by atoms with Crippen molar-refractivity contribution in [1.29, 1.82) is 0 Å². The van der Waals surface area contributed by atoms with Crippen molar-refractivity contribution in [2.75, 3.05) is 32.7 Å². The van der Waals surface area contributed by atoms with E-state index in [1.807, 2.05) is 0 Å². The van der Waals surface area contributed by atoms with E-state index in [9.17, 15) is 8.42 Å². The molecule has 20 heavy (non-hydrogen) atoms. The second kappa shape index (κ2) is 8.35. The molecule has 117 valence electrons. The number of piperidine rings is 2. The number of hydrogen-bond donors (Lipinski definition) is 1. The van der Waals surface area contributed by atoms with Crippen molar-refractivity contribution >= 4 is 10.7 Å². The van der Waals surface area contributed by atoms with E-state index in [1.54, 1.807) is 0 Å². The minimum absolute atomic E-state index is 0.276. The minimum Gasteiger partial charge on any atom is -0.301 e. The number of rotatable bonds is 6. The zero-order valence-corrected chi connectivity index (χ0v) is 13.6. The lowest BCUT2D eigenvalue weighted by Gasteiger charge is -2.37. The molecular formula is C15H29N2O2S. The molecule has 2 aliphatic heterocycles. The van der Waals surface area contributed by atoms with Gasteiger partial charge in [0.2, 0.25) is 0 Å².